The number of aliphatic hydroxyl groups excluding tert-OH is 1. The molecule has 1 heterocycles. The van der Waals surface area contributed by atoms with Gasteiger partial charge in [0.2, 0.25) is 0 Å². The van der Waals surface area contributed by atoms with E-state index in [1.54, 1.807) is 0 Å². The van der Waals surface area contributed by atoms with E-state index in [9.17, 15) is 5.11 Å². The van der Waals surface area contributed by atoms with Crippen LogP contribution in [0.4, 0.5) is 0 Å². The lowest BCUT2D eigenvalue weighted by atomic mass is 9.93. The Labute approximate surface area is 109 Å². The number of aliphatic hydroxyl groups is 1. The lowest BCUT2D eigenvalue weighted by molar-refractivity contribution is 0.110. The molecule has 0 aromatic heterocycles. The summed E-state index contributed by atoms with van der Waals surface area (Å²) in [7, 11) is 0. The number of benzene rings is 1. The van der Waals surface area contributed by atoms with Crippen molar-refractivity contribution in [2.45, 2.75) is 45.3 Å². The van der Waals surface area contributed by atoms with Gasteiger partial charge in [0, 0.05) is 11.6 Å². The summed E-state index contributed by atoms with van der Waals surface area (Å²) in [5.41, 5.74) is 2.07. The number of nitrogens with one attached hydrogen (secondary N) is 1. The Balaban J connectivity index is 2.21. The van der Waals surface area contributed by atoms with Crippen molar-refractivity contribution in [2.24, 2.45) is 0 Å². The lowest BCUT2D eigenvalue weighted by Gasteiger charge is -2.29. The first kappa shape index (κ1) is 13.4. The Bertz CT molecular complexity index is 386. The summed E-state index contributed by atoms with van der Waals surface area (Å²) in [5.74, 6) is 0.808. The van der Waals surface area contributed by atoms with Crippen LogP contribution in [0.1, 0.15) is 43.4 Å². The van der Waals surface area contributed by atoms with E-state index in [0.29, 0.717) is 6.61 Å². The Kier molecular flexibility index (Phi) is 4.61. The molecule has 3 heteroatoms. The molecule has 2 rings (SSSR count). The zero-order chi connectivity index (χ0) is 13.0. The van der Waals surface area contributed by atoms with Crippen LogP contribution < -0.4 is 10.1 Å². The summed E-state index contributed by atoms with van der Waals surface area (Å²) < 4.78 is 5.62. The van der Waals surface area contributed by atoms with Crippen LogP contribution in [0.5, 0.6) is 5.75 Å². The topological polar surface area (TPSA) is 41.5 Å². The third-order valence-electron chi connectivity index (χ3n) is 3.51. The van der Waals surface area contributed by atoms with Gasteiger partial charge >= 0.3 is 0 Å². The molecule has 0 aliphatic carbocycles. The van der Waals surface area contributed by atoms with Crippen molar-refractivity contribution in [1.29, 1.82) is 0 Å². The summed E-state index contributed by atoms with van der Waals surface area (Å²) in [6.45, 7) is 5.63. The third-order valence-corrected chi connectivity index (χ3v) is 3.51. The summed E-state index contributed by atoms with van der Waals surface area (Å²) in [5, 5.41) is 13.9. The van der Waals surface area contributed by atoms with Crippen molar-refractivity contribution in [1.82, 2.24) is 5.32 Å². The van der Waals surface area contributed by atoms with Crippen LogP contribution in [-0.4, -0.2) is 24.3 Å². The molecular weight excluding hydrogens is 226 g/mol. The highest BCUT2D eigenvalue weighted by Gasteiger charge is 2.25. The minimum absolute atomic E-state index is 0.153. The maximum atomic E-state index is 10.5. The molecule has 1 aromatic carbocycles. The van der Waals surface area contributed by atoms with Gasteiger partial charge in [-0.25, -0.2) is 0 Å². The second kappa shape index (κ2) is 6.21. The van der Waals surface area contributed by atoms with Gasteiger partial charge in [0.25, 0.3) is 0 Å². The van der Waals surface area contributed by atoms with Crippen molar-refractivity contribution >= 4 is 0 Å². The first-order valence-electron chi connectivity index (χ1n) is 6.87. The Morgan fingerprint density at radius 3 is 2.94 bits per heavy atom. The van der Waals surface area contributed by atoms with Crippen molar-refractivity contribution < 1.29 is 9.84 Å². The molecule has 1 fully saturated rings. The van der Waals surface area contributed by atoms with Crippen molar-refractivity contribution in [3.05, 3.63) is 29.3 Å². The molecule has 1 aliphatic heterocycles. The lowest BCUT2D eigenvalue weighted by Crippen LogP contribution is -2.38. The molecule has 0 bridgehead atoms. The van der Waals surface area contributed by atoms with Gasteiger partial charge in [-0.3, -0.25) is 0 Å². The fraction of sp³-hybridized carbons (Fsp3) is 0.600. The number of rotatable bonds is 4. The third kappa shape index (κ3) is 3.03. The van der Waals surface area contributed by atoms with Crippen LogP contribution in [0.25, 0.3) is 0 Å². The minimum Gasteiger partial charge on any atom is -0.493 e. The monoisotopic (exact) mass is 249 g/mol. The van der Waals surface area contributed by atoms with E-state index in [2.05, 4.69) is 5.32 Å². The van der Waals surface area contributed by atoms with Crippen LogP contribution in [0.2, 0.25) is 0 Å². The molecule has 0 amide bonds. The molecule has 1 aliphatic rings. The molecule has 2 atom stereocenters. The van der Waals surface area contributed by atoms with E-state index in [-0.39, 0.29) is 6.04 Å². The quantitative estimate of drug-likeness (QED) is 0.861. The standard InChI is InChI=1S/C15H23NO2/c1-3-18-14-8-7-11(2)10-12(14)15(17)13-6-4-5-9-16-13/h7-8,10,13,15-17H,3-6,9H2,1-2H3. The first-order chi connectivity index (χ1) is 8.72. The minimum atomic E-state index is -0.480. The van der Waals surface area contributed by atoms with Gasteiger partial charge in [-0.2, -0.15) is 0 Å². The fourth-order valence-corrected chi connectivity index (χ4v) is 2.55. The normalized spacial score (nSPS) is 21.6. The van der Waals surface area contributed by atoms with Crippen LogP contribution in [0.15, 0.2) is 18.2 Å². The van der Waals surface area contributed by atoms with E-state index in [4.69, 9.17) is 4.74 Å². The van der Waals surface area contributed by atoms with Gasteiger partial charge in [0.1, 0.15) is 5.75 Å². The number of hydrogen-bond donors (Lipinski definition) is 2. The summed E-state index contributed by atoms with van der Waals surface area (Å²) in [6.07, 6.45) is 2.94. The van der Waals surface area contributed by atoms with Gasteiger partial charge in [-0.15, -0.1) is 0 Å². The van der Waals surface area contributed by atoms with Crippen molar-refractivity contribution in [3.8, 4) is 5.75 Å². The highest BCUT2D eigenvalue weighted by atomic mass is 16.5. The van der Waals surface area contributed by atoms with Crippen LogP contribution in [0, 0.1) is 6.92 Å². The van der Waals surface area contributed by atoms with Crippen molar-refractivity contribution in [2.75, 3.05) is 13.2 Å². The molecule has 0 radical (unpaired) electrons. The number of ether oxygens (including phenoxy) is 1. The van der Waals surface area contributed by atoms with Gasteiger partial charge < -0.3 is 15.2 Å². The Morgan fingerprint density at radius 1 is 1.44 bits per heavy atom. The van der Waals surface area contributed by atoms with Gasteiger partial charge in [0.15, 0.2) is 0 Å². The molecule has 2 N–H and O–H groups in total. The number of aryl methyl sites for hydroxylation is 1. The highest BCUT2D eigenvalue weighted by Crippen LogP contribution is 2.31. The number of piperidine rings is 1. The van der Waals surface area contributed by atoms with Crippen molar-refractivity contribution in [3.63, 3.8) is 0 Å². The molecular formula is C15H23NO2. The SMILES string of the molecule is CCOc1ccc(C)cc1C(O)C1CCCCN1. The molecule has 1 saturated heterocycles. The first-order valence-corrected chi connectivity index (χ1v) is 6.87. The van der Waals surface area contributed by atoms with Crippen LogP contribution in [-0.2, 0) is 0 Å². The average molecular weight is 249 g/mol. The molecule has 100 valence electrons. The van der Waals surface area contributed by atoms with E-state index < -0.39 is 6.10 Å². The smallest absolute Gasteiger partial charge is 0.125 e. The summed E-state index contributed by atoms with van der Waals surface area (Å²) >= 11 is 0. The molecule has 1 aromatic rings. The van der Waals surface area contributed by atoms with E-state index in [1.807, 2.05) is 32.0 Å². The largest absolute Gasteiger partial charge is 0.493 e. The second-order valence-electron chi connectivity index (χ2n) is 4.98. The second-order valence-corrected chi connectivity index (χ2v) is 4.98. The maximum absolute atomic E-state index is 10.5. The molecule has 18 heavy (non-hydrogen) atoms. The fourth-order valence-electron chi connectivity index (χ4n) is 2.55. The van der Waals surface area contributed by atoms with Gasteiger partial charge in [-0.05, 0) is 45.4 Å². The zero-order valence-electron chi connectivity index (χ0n) is 11.3. The molecule has 0 spiro atoms. The zero-order valence-corrected chi connectivity index (χ0v) is 11.3. The number of hydrogen-bond acceptors (Lipinski definition) is 3. The summed E-state index contributed by atoms with van der Waals surface area (Å²) in [6, 6.07) is 6.17. The molecule has 2 unspecified atom stereocenters. The van der Waals surface area contributed by atoms with Gasteiger partial charge in [0.05, 0.1) is 12.7 Å². The van der Waals surface area contributed by atoms with Gasteiger partial charge in [-0.1, -0.05) is 18.1 Å². The van der Waals surface area contributed by atoms with E-state index >= 15 is 0 Å². The van der Waals surface area contributed by atoms with E-state index in [1.165, 1.54) is 12.8 Å². The maximum Gasteiger partial charge on any atom is 0.125 e. The average Bonchev–Trinajstić information content (AvgIpc) is 2.41. The summed E-state index contributed by atoms with van der Waals surface area (Å²) in [4.78, 5) is 0. The highest BCUT2D eigenvalue weighted by molar-refractivity contribution is 5.39. The molecule has 3 nitrogen and oxygen atoms in total. The predicted molar refractivity (Wildman–Crippen MR) is 72.9 cm³/mol. The van der Waals surface area contributed by atoms with Crippen LogP contribution in [0.3, 0.4) is 0 Å². The Morgan fingerprint density at radius 2 is 2.28 bits per heavy atom. The Hall–Kier alpha value is -1.06. The van der Waals surface area contributed by atoms with Crippen LogP contribution >= 0.6 is 0 Å². The molecule has 0 saturated carbocycles. The van der Waals surface area contributed by atoms with E-state index in [0.717, 1.165) is 29.8 Å². The predicted octanol–water partition coefficient (Wildman–Crippen LogP) is 2.57.